The van der Waals surface area contributed by atoms with E-state index in [9.17, 15) is 0 Å². The predicted octanol–water partition coefficient (Wildman–Crippen LogP) is 5.63. The van der Waals surface area contributed by atoms with Gasteiger partial charge in [-0.2, -0.15) is 0 Å². The van der Waals surface area contributed by atoms with Gasteiger partial charge < -0.3 is 5.32 Å². The Labute approximate surface area is 143 Å². The molecule has 3 aromatic rings. The lowest BCUT2D eigenvalue weighted by molar-refractivity contribution is 1.22. The molecule has 0 spiro atoms. The molecule has 2 heteroatoms. The minimum absolute atomic E-state index is 0.830. The molecule has 0 heterocycles. The quantitative estimate of drug-likeness (QED) is 0.586. The van der Waals surface area contributed by atoms with E-state index in [1.807, 2.05) is 79.1 Å². The lowest BCUT2D eigenvalue weighted by Gasteiger charge is -2.05. The molecule has 0 saturated heterocycles. The fraction of sp³-hybridized carbons (Fsp3) is 0.0455. The Morgan fingerprint density at radius 3 is 2.00 bits per heavy atom. The number of nitrogens with zero attached hydrogens (tertiary/aromatic N) is 1. The molecule has 0 atom stereocenters. The number of aliphatic imine (C=N–C) groups is 1. The van der Waals surface area contributed by atoms with Gasteiger partial charge in [-0.15, -0.1) is 0 Å². The van der Waals surface area contributed by atoms with Crippen molar-refractivity contribution in [1.82, 2.24) is 0 Å². The minimum Gasteiger partial charge on any atom is -0.361 e. The second-order valence-electron chi connectivity index (χ2n) is 5.49. The van der Waals surface area contributed by atoms with E-state index in [0.717, 1.165) is 23.4 Å². The SMILES string of the molecule is C(=Nc1ccccc1)C(=CNc1ccccc1)Cc1ccccc1. The summed E-state index contributed by atoms with van der Waals surface area (Å²) in [5.41, 5.74) is 4.40. The normalized spacial score (nSPS) is 11.6. The summed E-state index contributed by atoms with van der Waals surface area (Å²) in [5, 5.41) is 3.35. The van der Waals surface area contributed by atoms with Crippen molar-refractivity contribution >= 4 is 17.6 Å². The summed E-state index contributed by atoms with van der Waals surface area (Å²) >= 11 is 0. The molecule has 0 aliphatic carbocycles. The van der Waals surface area contributed by atoms with Gasteiger partial charge in [0.05, 0.1) is 5.69 Å². The summed E-state index contributed by atoms with van der Waals surface area (Å²) in [5.74, 6) is 0. The summed E-state index contributed by atoms with van der Waals surface area (Å²) in [7, 11) is 0. The van der Waals surface area contributed by atoms with Crippen LogP contribution in [0, 0.1) is 0 Å². The van der Waals surface area contributed by atoms with Gasteiger partial charge in [0.2, 0.25) is 0 Å². The van der Waals surface area contributed by atoms with Gasteiger partial charge in [-0.1, -0.05) is 66.7 Å². The second-order valence-corrected chi connectivity index (χ2v) is 5.49. The van der Waals surface area contributed by atoms with Crippen LogP contribution in [0.1, 0.15) is 5.56 Å². The second kappa shape index (κ2) is 8.49. The Kier molecular flexibility index (Phi) is 5.57. The maximum atomic E-state index is 4.58. The highest BCUT2D eigenvalue weighted by atomic mass is 14.8. The fourth-order valence-electron chi connectivity index (χ4n) is 2.35. The van der Waals surface area contributed by atoms with E-state index in [0.29, 0.717) is 0 Å². The Bertz CT molecular complexity index is 791. The Hall–Kier alpha value is -3.13. The van der Waals surface area contributed by atoms with Crippen molar-refractivity contribution in [1.29, 1.82) is 0 Å². The summed E-state index contributed by atoms with van der Waals surface area (Å²) in [4.78, 5) is 4.58. The Balaban J connectivity index is 1.78. The Morgan fingerprint density at radius 2 is 1.33 bits per heavy atom. The van der Waals surface area contributed by atoms with Gasteiger partial charge in [-0.25, -0.2) is 0 Å². The highest BCUT2D eigenvalue weighted by Crippen LogP contribution is 2.13. The van der Waals surface area contributed by atoms with Gasteiger partial charge in [-0.3, -0.25) is 4.99 Å². The number of para-hydroxylation sites is 2. The van der Waals surface area contributed by atoms with E-state index in [1.165, 1.54) is 5.56 Å². The van der Waals surface area contributed by atoms with E-state index < -0.39 is 0 Å². The van der Waals surface area contributed by atoms with Crippen LogP contribution in [-0.2, 0) is 6.42 Å². The number of anilines is 1. The van der Waals surface area contributed by atoms with Crippen LogP contribution in [0.25, 0.3) is 0 Å². The fourth-order valence-corrected chi connectivity index (χ4v) is 2.35. The molecule has 0 bridgehead atoms. The molecule has 0 fully saturated rings. The van der Waals surface area contributed by atoms with Crippen LogP contribution in [0.5, 0.6) is 0 Å². The number of allylic oxidation sites excluding steroid dienone is 1. The monoisotopic (exact) mass is 312 g/mol. The third kappa shape index (κ3) is 4.96. The van der Waals surface area contributed by atoms with Gasteiger partial charge >= 0.3 is 0 Å². The van der Waals surface area contributed by atoms with Crippen LogP contribution >= 0.6 is 0 Å². The zero-order chi connectivity index (χ0) is 16.5. The molecule has 3 aromatic carbocycles. The van der Waals surface area contributed by atoms with Crippen LogP contribution in [0.2, 0.25) is 0 Å². The molecule has 3 rings (SSSR count). The van der Waals surface area contributed by atoms with Gasteiger partial charge in [0.1, 0.15) is 0 Å². The van der Waals surface area contributed by atoms with Gasteiger partial charge in [0.25, 0.3) is 0 Å². The number of nitrogens with one attached hydrogen (secondary N) is 1. The maximum absolute atomic E-state index is 4.58. The van der Waals surface area contributed by atoms with E-state index in [1.54, 1.807) is 0 Å². The standard InChI is InChI=1S/C22H20N2/c1-4-10-19(11-5-1)16-20(17-23-21-12-6-2-7-13-21)18-24-22-14-8-3-9-15-22/h1-15,17-18,23H,16H2. The van der Waals surface area contributed by atoms with E-state index in [4.69, 9.17) is 0 Å². The molecule has 0 amide bonds. The van der Waals surface area contributed by atoms with Crippen LogP contribution in [0.3, 0.4) is 0 Å². The molecule has 0 radical (unpaired) electrons. The van der Waals surface area contributed by atoms with Crippen molar-refractivity contribution in [3.05, 3.63) is 108 Å². The number of hydrogen-bond acceptors (Lipinski definition) is 2. The smallest absolute Gasteiger partial charge is 0.0629 e. The summed E-state index contributed by atoms with van der Waals surface area (Å²) in [6.07, 6.45) is 4.78. The van der Waals surface area contributed by atoms with Crippen LogP contribution in [0.4, 0.5) is 11.4 Å². The van der Waals surface area contributed by atoms with Crippen molar-refractivity contribution in [2.75, 3.05) is 5.32 Å². The summed E-state index contributed by atoms with van der Waals surface area (Å²) in [6.45, 7) is 0. The van der Waals surface area contributed by atoms with E-state index in [2.05, 4.69) is 34.6 Å². The molecule has 0 aliphatic heterocycles. The zero-order valence-electron chi connectivity index (χ0n) is 13.5. The van der Waals surface area contributed by atoms with Crippen LogP contribution in [0.15, 0.2) is 108 Å². The maximum Gasteiger partial charge on any atom is 0.0629 e. The summed E-state index contributed by atoms with van der Waals surface area (Å²) < 4.78 is 0. The lowest BCUT2D eigenvalue weighted by Crippen LogP contribution is -1.97. The van der Waals surface area contributed by atoms with E-state index >= 15 is 0 Å². The molecule has 0 aliphatic rings. The van der Waals surface area contributed by atoms with Crippen molar-refractivity contribution in [2.24, 2.45) is 4.99 Å². The first-order valence-corrected chi connectivity index (χ1v) is 8.04. The first kappa shape index (κ1) is 15.8. The highest BCUT2D eigenvalue weighted by Gasteiger charge is 1.98. The number of hydrogen-bond donors (Lipinski definition) is 1. The molecule has 0 aromatic heterocycles. The van der Waals surface area contributed by atoms with Gasteiger partial charge in [0, 0.05) is 24.5 Å². The Morgan fingerprint density at radius 1 is 0.750 bits per heavy atom. The molecule has 2 nitrogen and oxygen atoms in total. The van der Waals surface area contributed by atoms with Crippen molar-refractivity contribution < 1.29 is 0 Å². The third-order valence-corrected chi connectivity index (χ3v) is 3.58. The molecule has 118 valence electrons. The van der Waals surface area contributed by atoms with E-state index in [-0.39, 0.29) is 0 Å². The average Bonchev–Trinajstić information content (AvgIpc) is 2.66. The van der Waals surface area contributed by atoms with Crippen molar-refractivity contribution in [2.45, 2.75) is 6.42 Å². The topological polar surface area (TPSA) is 24.4 Å². The molecular weight excluding hydrogens is 292 g/mol. The average molecular weight is 312 g/mol. The van der Waals surface area contributed by atoms with Crippen molar-refractivity contribution in [3.8, 4) is 0 Å². The van der Waals surface area contributed by atoms with Crippen LogP contribution in [-0.4, -0.2) is 6.21 Å². The molecule has 0 saturated carbocycles. The molecule has 24 heavy (non-hydrogen) atoms. The zero-order valence-corrected chi connectivity index (χ0v) is 13.5. The first-order chi connectivity index (χ1) is 11.9. The minimum atomic E-state index is 0.830. The number of benzene rings is 3. The van der Waals surface area contributed by atoms with Crippen LogP contribution < -0.4 is 5.32 Å². The third-order valence-electron chi connectivity index (χ3n) is 3.58. The van der Waals surface area contributed by atoms with Crippen molar-refractivity contribution in [3.63, 3.8) is 0 Å². The number of rotatable bonds is 6. The van der Waals surface area contributed by atoms with Gasteiger partial charge in [-0.05, 0) is 35.4 Å². The highest BCUT2D eigenvalue weighted by molar-refractivity contribution is 5.82. The first-order valence-electron chi connectivity index (χ1n) is 8.04. The lowest BCUT2D eigenvalue weighted by atomic mass is 10.1. The largest absolute Gasteiger partial charge is 0.361 e. The van der Waals surface area contributed by atoms with Gasteiger partial charge in [0.15, 0.2) is 0 Å². The predicted molar refractivity (Wildman–Crippen MR) is 103 cm³/mol. The summed E-state index contributed by atoms with van der Waals surface area (Å²) in [6, 6.07) is 30.6. The molecule has 0 unspecified atom stereocenters. The molecule has 1 N–H and O–H groups in total. The molecular formula is C22H20N2.